The minimum atomic E-state index is -0.331. The monoisotopic (exact) mass is 365 g/mol. The summed E-state index contributed by atoms with van der Waals surface area (Å²) < 4.78 is 19.3. The van der Waals surface area contributed by atoms with Gasteiger partial charge in [-0.15, -0.1) is 5.10 Å². The molecule has 0 unspecified atom stereocenters. The van der Waals surface area contributed by atoms with Crippen molar-refractivity contribution >= 4 is 11.6 Å². The Labute approximate surface area is 157 Å². The first-order valence-corrected chi connectivity index (χ1v) is 8.90. The first-order valence-electron chi connectivity index (χ1n) is 8.90. The molecule has 0 amide bonds. The third-order valence-corrected chi connectivity index (χ3v) is 4.47. The molecule has 2 heterocycles. The molecule has 27 heavy (non-hydrogen) atoms. The van der Waals surface area contributed by atoms with Crippen LogP contribution >= 0.6 is 0 Å². The number of rotatable bonds is 5. The molecule has 1 N–H and O–H groups in total. The number of benzene rings is 2. The summed E-state index contributed by atoms with van der Waals surface area (Å²) in [5, 5.41) is 11.1. The molecule has 0 atom stereocenters. The summed E-state index contributed by atoms with van der Waals surface area (Å²) in [6.45, 7) is 3.93. The van der Waals surface area contributed by atoms with Crippen molar-refractivity contribution in [3.63, 3.8) is 0 Å². The van der Waals surface area contributed by atoms with Crippen molar-refractivity contribution in [3.05, 3.63) is 66.1 Å². The zero-order chi connectivity index (χ0) is 18.5. The van der Waals surface area contributed by atoms with Gasteiger partial charge in [0.05, 0.1) is 25.1 Å². The van der Waals surface area contributed by atoms with Gasteiger partial charge in [0.15, 0.2) is 0 Å². The van der Waals surface area contributed by atoms with Crippen LogP contribution in [0.15, 0.2) is 54.7 Å². The maximum Gasteiger partial charge on any atom is 0.243 e. The number of nitrogens with one attached hydrogen (secondary N) is 1. The molecular formula is C20H20FN5O. The summed E-state index contributed by atoms with van der Waals surface area (Å²) in [7, 11) is 0. The molecule has 0 aliphatic carbocycles. The standard InChI is InChI=1S/C20H20FN5O/c21-18-4-2-1-3-17(18)19-14-23-25-20(24-19)22-13-15-5-7-16(8-6-15)26-9-11-27-12-10-26/h1-8,14H,9-13H2,(H,22,24,25). The van der Waals surface area contributed by atoms with Gasteiger partial charge in [0.2, 0.25) is 5.95 Å². The lowest BCUT2D eigenvalue weighted by Gasteiger charge is -2.28. The lowest BCUT2D eigenvalue weighted by molar-refractivity contribution is 0.122. The number of aromatic nitrogens is 3. The van der Waals surface area contributed by atoms with E-state index in [9.17, 15) is 4.39 Å². The average Bonchev–Trinajstić information content (AvgIpc) is 2.74. The first kappa shape index (κ1) is 17.4. The van der Waals surface area contributed by atoms with Crippen molar-refractivity contribution in [2.45, 2.75) is 6.54 Å². The highest BCUT2D eigenvalue weighted by Crippen LogP contribution is 2.20. The number of ether oxygens (including phenoxy) is 1. The van der Waals surface area contributed by atoms with Crippen molar-refractivity contribution in [2.24, 2.45) is 0 Å². The van der Waals surface area contributed by atoms with Crippen LogP contribution in [0.5, 0.6) is 0 Å². The summed E-state index contributed by atoms with van der Waals surface area (Å²) in [6, 6.07) is 14.9. The van der Waals surface area contributed by atoms with Gasteiger partial charge in [0.1, 0.15) is 5.82 Å². The summed E-state index contributed by atoms with van der Waals surface area (Å²) in [5.74, 6) is 0.0376. The van der Waals surface area contributed by atoms with Gasteiger partial charge in [0, 0.05) is 30.9 Å². The third-order valence-electron chi connectivity index (χ3n) is 4.47. The molecule has 3 aromatic rings. The molecule has 0 saturated carbocycles. The van der Waals surface area contributed by atoms with E-state index in [0.29, 0.717) is 23.8 Å². The number of hydrogen-bond donors (Lipinski definition) is 1. The molecule has 0 bridgehead atoms. The summed E-state index contributed by atoms with van der Waals surface area (Å²) in [4.78, 5) is 6.67. The van der Waals surface area contributed by atoms with E-state index in [-0.39, 0.29) is 5.82 Å². The number of morpholine rings is 1. The van der Waals surface area contributed by atoms with Crippen LogP contribution in [0.4, 0.5) is 16.0 Å². The molecular weight excluding hydrogens is 345 g/mol. The zero-order valence-electron chi connectivity index (χ0n) is 14.8. The van der Waals surface area contributed by atoms with Crippen molar-refractivity contribution in [2.75, 3.05) is 36.5 Å². The van der Waals surface area contributed by atoms with Gasteiger partial charge in [-0.3, -0.25) is 0 Å². The molecule has 7 heteroatoms. The molecule has 1 fully saturated rings. The Hall–Kier alpha value is -3.06. The van der Waals surface area contributed by atoms with Crippen LogP contribution in [0.1, 0.15) is 5.56 Å². The van der Waals surface area contributed by atoms with Crippen LogP contribution in [0.25, 0.3) is 11.3 Å². The van der Waals surface area contributed by atoms with E-state index in [4.69, 9.17) is 4.74 Å². The smallest absolute Gasteiger partial charge is 0.243 e. The normalized spacial score (nSPS) is 14.2. The van der Waals surface area contributed by atoms with Gasteiger partial charge in [-0.2, -0.15) is 5.10 Å². The second kappa shape index (κ2) is 8.09. The molecule has 6 nitrogen and oxygen atoms in total. The van der Waals surface area contributed by atoms with Crippen molar-refractivity contribution in [1.82, 2.24) is 15.2 Å². The van der Waals surface area contributed by atoms with E-state index in [1.165, 1.54) is 18.0 Å². The van der Waals surface area contributed by atoms with Crippen molar-refractivity contribution in [3.8, 4) is 11.3 Å². The molecule has 1 saturated heterocycles. The fourth-order valence-corrected chi connectivity index (χ4v) is 3.00. The van der Waals surface area contributed by atoms with E-state index < -0.39 is 0 Å². The Balaban J connectivity index is 1.41. The molecule has 138 valence electrons. The molecule has 0 radical (unpaired) electrons. The number of hydrogen-bond acceptors (Lipinski definition) is 6. The SMILES string of the molecule is Fc1ccccc1-c1cnnc(NCc2ccc(N3CCOCC3)cc2)n1. The topological polar surface area (TPSA) is 63.2 Å². The Morgan fingerprint density at radius 1 is 1.04 bits per heavy atom. The van der Waals surface area contributed by atoms with Gasteiger partial charge in [0.25, 0.3) is 0 Å². The largest absolute Gasteiger partial charge is 0.378 e. The summed E-state index contributed by atoms with van der Waals surface area (Å²) in [5.41, 5.74) is 3.16. The van der Waals surface area contributed by atoms with Gasteiger partial charge in [-0.25, -0.2) is 9.37 Å². The number of halogens is 1. The van der Waals surface area contributed by atoms with Crippen molar-refractivity contribution in [1.29, 1.82) is 0 Å². The minimum absolute atomic E-state index is 0.331. The van der Waals surface area contributed by atoms with Crippen LogP contribution < -0.4 is 10.2 Å². The number of anilines is 2. The van der Waals surface area contributed by atoms with E-state index >= 15 is 0 Å². The predicted molar refractivity (Wildman–Crippen MR) is 102 cm³/mol. The van der Waals surface area contributed by atoms with Gasteiger partial charge in [-0.05, 0) is 29.8 Å². The van der Waals surface area contributed by atoms with Gasteiger partial charge < -0.3 is 15.0 Å². The van der Waals surface area contributed by atoms with E-state index in [1.807, 2.05) is 0 Å². The Bertz CT molecular complexity index is 897. The molecule has 1 aromatic heterocycles. The van der Waals surface area contributed by atoms with Gasteiger partial charge in [-0.1, -0.05) is 24.3 Å². The second-order valence-electron chi connectivity index (χ2n) is 6.26. The summed E-state index contributed by atoms with van der Waals surface area (Å²) in [6.07, 6.45) is 1.46. The quantitative estimate of drug-likeness (QED) is 0.750. The molecule has 2 aromatic carbocycles. The first-order chi connectivity index (χ1) is 13.3. The summed E-state index contributed by atoms with van der Waals surface area (Å²) >= 11 is 0. The van der Waals surface area contributed by atoms with E-state index in [1.54, 1.807) is 18.2 Å². The van der Waals surface area contributed by atoms with Crippen LogP contribution in [-0.4, -0.2) is 41.5 Å². The van der Waals surface area contributed by atoms with Gasteiger partial charge >= 0.3 is 0 Å². The highest BCUT2D eigenvalue weighted by atomic mass is 19.1. The molecule has 4 rings (SSSR count). The fraction of sp³-hybridized carbons (Fsp3) is 0.250. The fourth-order valence-electron chi connectivity index (χ4n) is 3.00. The van der Waals surface area contributed by atoms with E-state index in [2.05, 4.69) is 49.7 Å². The van der Waals surface area contributed by atoms with Crippen molar-refractivity contribution < 1.29 is 9.13 Å². The molecule has 1 aliphatic rings. The third kappa shape index (κ3) is 4.20. The van der Waals surface area contributed by atoms with Crippen LogP contribution in [-0.2, 0) is 11.3 Å². The zero-order valence-corrected chi connectivity index (χ0v) is 14.8. The second-order valence-corrected chi connectivity index (χ2v) is 6.26. The maximum atomic E-state index is 13.9. The Kier molecular flexibility index (Phi) is 5.20. The van der Waals surface area contributed by atoms with Crippen LogP contribution in [0.2, 0.25) is 0 Å². The van der Waals surface area contributed by atoms with Crippen LogP contribution in [0, 0.1) is 5.82 Å². The molecule has 1 aliphatic heterocycles. The predicted octanol–water partition coefficient (Wildman–Crippen LogP) is 3.13. The van der Waals surface area contributed by atoms with E-state index in [0.717, 1.165) is 31.9 Å². The maximum absolute atomic E-state index is 13.9. The lowest BCUT2D eigenvalue weighted by Crippen LogP contribution is -2.36. The lowest BCUT2D eigenvalue weighted by atomic mass is 10.1. The molecule has 0 spiro atoms. The Morgan fingerprint density at radius 2 is 1.81 bits per heavy atom. The average molecular weight is 365 g/mol. The van der Waals surface area contributed by atoms with Crippen LogP contribution in [0.3, 0.4) is 0 Å². The Morgan fingerprint density at radius 3 is 2.59 bits per heavy atom. The minimum Gasteiger partial charge on any atom is -0.378 e. The highest BCUT2D eigenvalue weighted by molar-refractivity contribution is 5.59. The highest BCUT2D eigenvalue weighted by Gasteiger charge is 2.11. The number of nitrogens with zero attached hydrogens (tertiary/aromatic N) is 4.